The number of aromatic nitrogens is 4. The van der Waals surface area contributed by atoms with E-state index < -0.39 is 11.6 Å². The molecule has 2 heterocycles. The molecular formula is C17H16F2N4O2. The lowest BCUT2D eigenvalue weighted by molar-refractivity contribution is 0.367. The Morgan fingerprint density at radius 2 is 1.80 bits per heavy atom. The zero-order chi connectivity index (χ0) is 17.2. The minimum Gasteiger partial charge on any atom is -0.425 e. The SMILES string of the molecule is Fc1ccc(-c2noc(CCc3nnc(C4CCCC4)o3)n2)cc1F. The Balaban J connectivity index is 1.40. The summed E-state index contributed by atoms with van der Waals surface area (Å²) in [4.78, 5) is 4.19. The Labute approximate surface area is 142 Å². The monoisotopic (exact) mass is 346 g/mol. The molecule has 0 unspecified atom stereocenters. The summed E-state index contributed by atoms with van der Waals surface area (Å²) in [6.45, 7) is 0. The van der Waals surface area contributed by atoms with E-state index in [2.05, 4.69) is 20.3 Å². The fraction of sp³-hybridized carbons (Fsp3) is 0.412. The van der Waals surface area contributed by atoms with Gasteiger partial charge in [0.2, 0.25) is 23.5 Å². The van der Waals surface area contributed by atoms with E-state index in [-0.39, 0.29) is 5.82 Å². The fourth-order valence-electron chi connectivity index (χ4n) is 3.03. The summed E-state index contributed by atoms with van der Waals surface area (Å²) in [6, 6.07) is 3.47. The highest BCUT2D eigenvalue weighted by atomic mass is 19.2. The van der Waals surface area contributed by atoms with E-state index in [0.29, 0.717) is 42.0 Å². The van der Waals surface area contributed by atoms with Gasteiger partial charge in [0.05, 0.1) is 0 Å². The van der Waals surface area contributed by atoms with Crippen molar-refractivity contribution in [1.82, 2.24) is 20.3 Å². The lowest BCUT2D eigenvalue weighted by Crippen LogP contribution is -1.92. The lowest BCUT2D eigenvalue weighted by Gasteiger charge is -2.00. The fourth-order valence-corrected chi connectivity index (χ4v) is 3.03. The third-order valence-electron chi connectivity index (χ3n) is 4.39. The van der Waals surface area contributed by atoms with E-state index in [0.717, 1.165) is 25.0 Å². The molecule has 0 N–H and O–H groups in total. The number of benzene rings is 1. The number of hydrogen-bond donors (Lipinski definition) is 0. The third kappa shape index (κ3) is 3.42. The molecule has 1 saturated carbocycles. The van der Waals surface area contributed by atoms with E-state index in [1.165, 1.54) is 18.9 Å². The molecular weight excluding hydrogens is 330 g/mol. The predicted octanol–water partition coefficient (Wildman–Crippen LogP) is 3.84. The Morgan fingerprint density at radius 1 is 1.00 bits per heavy atom. The Morgan fingerprint density at radius 3 is 2.60 bits per heavy atom. The molecule has 6 nitrogen and oxygen atoms in total. The van der Waals surface area contributed by atoms with Gasteiger partial charge >= 0.3 is 0 Å². The molecule has 0 spiro atoms. The Bertz CT molecular complexity index is 871. The smallest absolute Gasteiger partial charge is 0.227 e. The molecule has 0 amide bonds. The summed E-state index contributed by atoms with van der Waals surface area (Å²) in [6.07, 6.45) is 5.53. The first-order valence-corrected chi connectivity index (χ1v) is 8.29. The maximum Gasteiger partial charge on any atom is 0.227 e. The molecule has 1 aliphatic carbocycles. The molecule has 0 atom stereocenters. The summed E-state index contributed by atoms with van der Waals surface area (Å²) < 4.78 is 37.1. The van der Waals surface area contributed by atoms with E-state index in [9.17, 15) is 8.78 Å². The number of nitrogens with zero attached hydrogens (tertiary/aromatic N) is 4. The van der Waals surface area contributed by atoms with Crippen molar-refractivity contribution in [3.63, 3.8) is 0 Å². The van der Waals surface area contributed by atoms with E-state index in [4.69, 9.17) is 8.94 Å². The highest BCUT2D eigenvalue weighted by Gasteiger charge is 2.22. The zero-order valence-electron chi connectivity index (χ0n) is 13.4. The second-order valence-electron chi connectivity index (χ2n) is 6.16. The van der Waals surface area contributed by atoms with Crippen LogP contribution >= 0.6 is 0 Å². The van der Waals surface area contributed by atoms with Crippen molar-refractivity contribution >= 4 is 0 Å². The Hall–Kier alpha value is -2.64. The lowest BCUT2D eigenvalue weighted by atomic mass is 10.1. The maximum absolute atomic E-state index is 13.3. The average Bonchev–Trinajstić information content (AvgIpc) is 3.36. The summed E-state index contributed by atoms with van der Waals surface area (Å²) >= 11 is 0. The zero-order valence-corrected chi connectivity index (χ0v) is 13.4. The molecule has 4 rings (SSSR count). The van der Waals surface area contributed by atoms with Gasteiger partial charge in [-0.25, -0.2) is 8.78 Å². The quantitative estimate of drug-likeness (QED) is 0.698. The molecule has 0 saturated heterocycles. The second kappa shape index (κ2) is 6.70. The molecule has 130 valence electrons. The molecule has 0 aliphatic heterocycles. The molecule has 0 bridgehead atoms. The summed E-state index contributed by atoms with van der Waals surface area (Å²) in [5.74, 6) is 0.349. The van der Waals surface area contributed by atoms with Crippen molar-refractivity contribution in [1.29, 1.82) is 0 Å². The molecule has 8 heteroatoms. The number of rotatable bonds is 5. The first-order chi connectivity index (χ1) is 12.2. The van der Waals surface area contributed by atoms with E-state index in [1.54, 1.807) is 0 Å². The third-order valence-corrected chi connectivity index (χ3v) is 4.39. The topological polar surface area (TPSA) is 77.8 Å². The van der Waals surface area contributed by atoms with Gasteiger partial charge in [-0.05, 0) is 31.0 Å². The average molecular weight is 346 g/mol. The van der Waals surface area contributed by atoms with Crippen LogP contribution in [0, 0.1) is 11.6 Å². The molecule has 1 fully saturated rings. The summed E-state index contributed by atoms with van der Waals surface area (Å²) in [5, 5.41) is 12.0. The number of halogens is 2. The van der Waals surface area contributed by atoms with Crippen molar-refractivity contribution < 1.29 is 17.7 Å². The van der Waals surface area contributed by atoms with E-state index >= 15 is 0 Å². The van der Waals surface area contributed by atoms with Gasteiger partial charge in [-0.1, -0.05) is 18.0 Å². The highest BCUT2D eigenvalue weighted by molar-refractivity contribution is 5.54. The summed E-state index contributed by atoms with van der Waals surface area (Å²) in [7, 11) is 0. The van der Waals surface area contributed by atoms with Crippen molar-refractivity contribution in [2.24, 2.45) is 0 Å². The van der Waals surface area contributed by atoms with Gasteiger partial charge in [-0.2, -0.15) is 4.98 Å². The van der Waals surface area contributed by atoms with Gasteiger partial charge in [-0.3, -0.25) is 0 Å². The molecule has 1 aromatic carbocycles. The van der Waals surface area contributed by atoms with Crippen molar-refractivity contribution in [3.8, 4) is 11.4 Å². The van der Waals surface area contributed by atoms with Crippen LogP contribution in [0.1, 0.15) is 49.3 Å². The van der Waals surface area contributed by atoms with Crippen LogP contribution < -0.4 is 0 Å². The van der Waals surface area contributed by atoms with Crippen LogP contribution in [0.5, 0.6) is 0 Å². The van der Waals surface area contributed by atoms with Crippen molar-refractivity contribution in [2.45, 2.75) is 44.4 Å². The molecule has 25 heavy (non-hydrogen) atoms. The minimum absolute atomic E-state index is 0.214. The van der Waals surface area contributed by atoms with Crippen molar-refractivity contribution in [3.05, 3.63) is 47.5 Å². The molecule has 1 aliphatic rings. The van der Waals surface area contributed by atoms with Gasteiger partial charge in [0.25, 0.3) is 0 Å². The standard InChI is InChI=1S/C17H16F2N4O2/c18-12-6-5-11(9-13(12)19)16-20-14(25-23-16)7-8-15-21-22-17(24-15)10-3-1-2-4-10/h5-6,9-10H,1-4,7-8H2. The summed E-state index contributed by atoms with van der Waals surface area (Å²) in [5.41, 5.74) is 0.357. The van der Waals surface area contributed by atoms with Crippen LogP contribution in [0.2, 0.25) is 0 Å². The molecule has 0 radical (unpaired) electrons. The van der Waals surface area contributed by atoms with Crippen LogP contribution in [-0.4, -0.2) is 20.3 Å². The van der Waals surface area contributed by atoms with Crippen LogP contribution in [0.25, 0.3) is 11.4 Å². The largest absolute Gasteiger partial charge is 0.425 e. The maximum atomic E-state index is 13.3. The first kappa shape index (κ1) is 15.9. The number of aryl methyl sites for hydroxylation is 2. The van der Waals surface area contributed by atoms with Gasteiger partial charge in [-0.15, -0.1) is 10.2 Å². The van der Waals surface area contributed by atoms with Crippen LogP contribution in [-0.2, 0) is 12.8 Å². The van der Waals surface area contributed by atoms with Gasteiger partial charge < -0.3 is 8.94 Å². The van der Waals surface area contributed by atoms with Gasteiger partial charge in [0.1, 0.15) is 0 Å². The molecule has 3 aromatic rings. The van der Waals surface area contributed by atoms with Gasteiger partial charge in [0, 0.05) is 24.3 Å². The van der Waals surface area contributed by atoms with Crippen molar-refractivity contribution in [2.75, 3.05) is 0 Å². The van der Waals surface area contributed by atoms with E-state index in [1.807, 2.05) is 0 Å². The second-order valence-corrected chi connectivity index (χ2v) is 6.16. The van der Waals surface area contributed by atoms with Gasteiger partial charge in [0.15, 0.2) is 11.6 Å². The highest BCUT2D eigenvalue weighted by Crippen LogP contribution is 2.33. The number of hydrogen-bond acceptors (Lipinski definition) is 6. The predicted molar refractivity (Wildman–Crippen MR) is 82.6 cm³/mol. The van der Waals surface area contributed by atoms with Crippen LogP contribution in [0.15, 0.2) is 27.1 Å². The molecule has 2 aromatic heterocycles. The van der Waals surface area contributed by atoms with Crippen LogP contribution in [0.3, 0.4) is 0 Å². The minimum atomic E-state index is -0.950. The Kier molecular flexibility index (Phi) is 4.25. The van der Waals surface area contributed by atoms with Crippen LogP contribution in [0.4, 0.5) is 8.78 Å². The normalized spacial score (nSPS) is 15.1. The first-order valence-electron chi connectivity index (χ1n) is 8.29.